The molecule has 1 aliphatic rings. The minimum Gasteiger partial charge on any atom is -0.396 e. The number of amides is 1. The van der Waals surface area contributed by atoms with Crippen molar-refractivity contribution in [3.05, 3.63) is 45.5 Å². The zero-order valence-electron chi connectivity index (χ0n) is 15.6. The van der Waals surface area contributed by atoms with Crippen LogP contribution in [0.3, 0.4) is 0 Å². The molecule has 0 bridgehead atoms. The lowest BCUT2D eigenvalue weighted by atomic mass is 9.98. The summed E-state index contributed by atoms with van der Waals surface area (Å²) in [5.74, 6) is -0.175. The number of aliphatic hydroxyl groups is 1. The lowest BCUT2D eigenvalue weighted by Gasteiger charge is -2.33. The van der Waals surface area contributed by atoms with Crippen molar-refractivity contribution in [2.24, 2.45) is 5.92 Å². The predicted octanol–water partition coefficient (Wildman–Crippen LogP) is 3.05. The lowest BCUT2D eigenvalue weighted by molar-refractivity contribution is -0.117. The number of thiol groups is 1. The lowest BCUT2D eigenvalue weighted by Crippen LogP contribution is -2.32. The first-order valence-electron chi connectivity index (χ1n) is 8.24. The number of likely N-dealkylation sites (N-methyl/N-ethyl adjacent to an activating group) is 1. The Balaban J connectivity index is 2.89. The molecule has 24 heavy (non-hydrogen) atoms. The molecule has 1 aliphatic heterocycles. The Labute approximate surface area is 151 Å². The number of nitrogens with one attached hydrogen (secondary N) is 1. The van der Waals surface area contributed by atoms with Crippen molar-refractivity contribution in [2.45, 2.75) is 40.7 Å². The van der Waals surface area contributed by atoms with Gasteiger partial charge in [0, 0.05) is 25.9 Å². The minimum atomic E-state index is -0.208. The number of carbonyl (C=O) groups excluding carboxylic acids is 1. The molecule has 5 heteroatoms. The highest BCUT2D eigenvalue weighted by Gasteiger charge is 2.18. The van der Waals surface area contributed by atoms with Crippen LogP contribution in [0.4, 0.5) is 0 Å². The number of allylic oxidation sites excluding steroid dienone is 5. The topological polar surface area (TPSA) is 52.6 Å². The SMILES string of the molecule is CC1=CC(C(C)=CC(C)=C(S)C(=O)NCC(C)CO)N(C)C(C)=C1. The van der Waals surface area contributed by atoms with E-state index in [-0.39, 0.29) is 24.5 Å². The van der Waals surface area contributed by atoms with Crippen LogP contribution >= 0.6 is 12.6 Å². The fourth-order valence-electron chi connectivity index (χ4n) is 2.59. The molecule has 2 unspecified atom stereocenters. The molecule has 0 aromatic carbocycles. The van der Waals surface area contributed by atoms with Crippen molar-refractivity contribution < 1.29 is 9.90 Å². The van der Waals surface area contributed by atoms with Crippen molar-refractivity contribution in [1.82, 2.24) is 10.2 Å². The molecule has 0 fully saturated rings. The van der Waals surface area contributed by atoms with Gasteiger partial charge in [-0.1, -0.05) is 24.6 Å². The first-order valence-corrected chi connectivity index (χ1v) is 8.68. The van der Waals surface area contributed by atoms with Gasteiger partial charge in [-0.05, 0) is 50.8 Å². The number of hydrogen-bond donors (Lipinski definition) is 3. The monoisotopic (exact) mass is 350 g/mol. The molecule has 1 heterocycles. The van der Waals surface area contributed by atoms with E-state index in [1.807, 2.05) is 19.9 Å². The molecule has 0 spiro atoms. The molecule has 4 nitrogen and oxygen atoms in total. The minimum absolute atomic E-state index is 0.0337. The van der Waals surface area contributed by atoms with Gasteiger partial charge >= 0.3 is 0 Å². The highest BCUT2D eigenvalue weighted by atomic mass is 32.1. The van der Waals surface area contributed by atoms with Crippen LogP contribution in [0.5, 0.6) is 0 Å². The molecule has 0 saturated carbocycles. The summed E-state index contributed by atoms with van der Waals surface area (Å²) in [5.41, 5.74) is 4.45. The van der Waals surface area contributed by atoms with Crippen LogP contribution in [-0.2, 0) is 4.79 Å². The maximum Gasteiger partial charge on any atom is 0.257 e. The molecule has 0 aromatic heterocycles. The first-order chi connectivity index (χ1) is 11.2. The number of aliphatic hydroxyl groups excluding tert-OH is 1. The van der Waals surface area contributed by atoms with E-state index in [1.54, 1.807) is 0 Å². The van der Waals surface area contributed by atoms with Gasteiger partial charge < -0.3 is 15.3 Å². The number of hydrogen-bond acceptors (Lipinski definition) is 4. The smallest absolute Gasteiger partial charge is 0.257 e. The maximum atomic E-state index is 12.1. The van der Waals surface area contributed by atoms with Gasteiger partial charge in [-0.2, -0.15) is 0 Å². The second-order valence-electron chi connectivity index (χ2n) is 6.67. The Morgan fingerprint density at radius 3 is 2.67 bits per heavy atom. The summed E-state index contributed by atoms with van der Waals surface area (Å²) in [7, 11) is 2.07. The van der Waals surface area contributed by atoms with Gasteiger partial charge in [-0.25, -0.2) is 0 Å². The van der Waals surface area contributed by atoms with Crippen molar-refractivity contribution >= 4 is 18.5 Å². The van der Waals surface area contributed by atoms with Crippen LogP contribution in [0.15, 0.2) is 45.5 Å². The van der Waals surface area contributed by atoms with Crippen LogP contribution in [0.25, 0.3) is 0 Å². The zero-order chi connectivity index (χ0) is 18.4. The highest BCUT2D eigenvalue weighted by molar-refractivity contribution is 7.85. The Morgan fingerprint density at radius 2 is 2.08 bits per heavy atom. The first kappa shape index (κ1) is 20.6. The molecule has 2 atom stereocenters. The third-order valence-electron chi connectivity index (χ3n) is 4.25. The third kappa shape index (κ3) is 5.56. The average molecular weight is 351 g/mol. The summed E-state index contributed by atoms with van der Waals surface area (Å²) >= 11 is 4.37. The van der Waals surface area contributed by atoms with Crippen molar-refractivity contribution in [1.29, 1.82) is 0 Å². The molecule has 1 rings (SSSR count). The Kier molecular flexibility index (Phi) is 7.84. The van der Waals surface area contributed by atoms with Gasteiger partial charge in [0.25, 0.3) is 5.91 Å². The largest absolute Gasteiger partial charge is 0.396 e. The number of nitrogens with zero attached hydrogens (tertiary/aromatic N) is 1. The molecule has 0 saturated heterocycles. The standard InChI is InChI=1S/C19H30N2O2S/c1-12-7-16(5)21(6)17(8-12)14(3)9-15(4)18(24)19(23)20-10-13(2)11-22/h7-9,13,17,22,24H,10-11H2,1-6H3,(H,20,23). The summed E-state index contributed by atoms with van der Waals surface area (Å²) in [5, 5.41) is 11.8. The molecular formula is C19H30N2O2S. The summed E-state index contributed by atoms with van der Waals surface area (Å²) in [6, 6.07) is 0.184. The van der Waals surface area contributed by atoms with Gasteiger partial charge in [-0.3, -0.25) is 4.79 Å². The van der Waals surface area contributed by atoms with E-state index >= 15 is 0 Å². The van der Waals surface area contributed by atoms with E-state index in [0.29, 0.717) is 11.4 Å². The van der Waals surface area contributed by atoms with Gasteiger partial charge in [-0.15, -0.1) is 12.6 Å². The van der Waals surface area contributed by atoms with E-state index in [0.717, 1.165) is 11.1 Å². The molecule has 0 aliphatic carbocycles. The van der Waals surface area contributed by atoms with Crippen LogP contribution in [0.2, 0.25) is 0 Å². The van der Waals surface area contributed by atoms with Crippen molar-refractivity contribution in [3.8, 4) is 0 Å². The highest BCUT2D eigenvalue weighted by Crippen LogP contribution is 2.24. The van der Waals surface area contributed by atoms with Crippen LogP contribution in [0, 0.1) is 5.92 Å². The summed E-state index contributed by atoms with van der Waals surface area (Å²) in [6.07, 6.45) is 6.39. The molecule has 0 radical (unpaired) electrons. The Bertz CT molecular complexity index is 602. The third-order valence-corrected chi connectivity index (χ3v) is 4.81. The summed E-state index contributed by atoms with van der Waals surface area (Å²) in [4.78, 5) is 14.8. The second kappa shape index (κ2) is 9.14. The van der Waals surface area contributed by atoms with Crippen molar-refractivity contribution in [2.75, 3.05) is 20.2 Å². The van der Waals surface area contributed by atoms with E-state index in [2.05, 4.69) is 62.8 Å². The molecule has 2 N–H and O–H groups in total. The fraction of sp³-hybridized carbons (Fsp3) is 0.526. The van der Waals surface area contributed by atoms with Gasteiger partial charge in [0.05, 0.1) is 10.9 Å². The molecule has 134 valence electrons. The molecule has 1 amide bonds. The average Bonchev–Trinajstić information content (AvgIpc) is 2.54. The summed E-state index contributed by atoms with van der Waals surface area (Å²) < 4.78 is 0. The van der Waals surface area contributed by atoms with E-state index in [4.69, 9.17) is 5.11 Å². The number of carbonyl (C=O) groups is 1. The van der Waals surface area contributed by atoms with Crippen LogP contribution < -0.4 is 5.32 Å². The predicted molar refractivity (Wildman–Crippen MR) is 104 cm³/mol. The van der Waals surface area contributed by atoms with Crippen LogP contribution in [0.1, 0.15) is 34.6 Å². The molecular weight excluding hydrogens is 320 g/mol. The Hall–Kier alpha value is -1.46. The van der Waals surface area contributed by atoms with E-state index in [1.165, 1.54) is 11.3 Å². The normalized spacial score (nSPS) is 20.9. The quantitative estimate of drug-likeness (QED) is 0.392. The van der Waals surface area contributed by atoms with Crippen molar-refractivity contribution in [3.63, 3.8) is 0 Å². The number of rotatable bonds is 6. The van der Waals surface area contributed by atoms with Gasteiger partial charge in [0.1, 0.15) is 0 Å². The van der Waals surface area contributed by atoms with Gasteiger partial charge in [0.2, 0.25) is 0 Å². The second-order valence-corrected chi connectivity index (χ2v) is 7.12. The summed E-state index contributed by atoms with van der Waals surface area (Å²) in [6.45, 7) is 10.5. The Morgan fingerprint density at radius 1 is 1.46 bits per heavy atom. The fourth-order valence-corrected chi connectivity index (χ4v) is 2.73. The molecule has 0 aromatic rings. The van der Waals surface area contributed by atoms with E-state index in [9.17, 15) is 4.79 Å². The van der Waals surface area contributed by atoms with Gasteiger partial charge in [0.15, 0.2) is 0 Å². The van der Waals surface area contributed by atoms with Crippen LogP contribution in [-0.4, -0.2) is 42.2 Å². The maximum absolute atomic E-state index is 12.1. The zero-order valence-corrected chi connectivity index (χ0v) is 16.4. The van der Waals surface area contributed by atoms with E-state index < -0.39 is 0 Å².